The second-order valence-corrected chi connectivity index (χ2v) is 9.15. The molecular weight excluding hydrogens is 468 g/mol. The van der Waals surface area contributed by atoms with Gasteiger partial charge in [-0.1, -0.05) is 23.5 Å². The first-order chi connectivity index (χ1) is 16.9. The number of aryl methyl sites for hydroxylation is 1. The Balaban J connectivity index is 1.71. The molecule has 0 radical (unpaired) electrons. The molecule has 1 atom stereocenters. The lowest BCUT2D eigenvalue weighted by molar-refractivity contribution is -0.139. The molecule has 0 N–H and O–H groups in total. The lowest BCUT2D eigenvalue weighted by Crippen LogP contribution is -2.39. The maximum atomic E-state index is 13.7. The van der Waals surface area contributed by atoms with E-state index in [1.165, 1.54) is 11.3 Å². The van der Waals surface area contributed by atoms with Crippen LogP contribution in [0.4, 0.5) is 0 Å². The number of allylic oxidation sites excluding steroid dienone is 1. The molecule has 3 aromatic rings. The maximum Gasteiger partial charge on any atom is 0.338 e. The Kier molecular flexibility index (Phi) is 5.94. The van der Waals surface area contributed by atoms with Gasteiger partial charge in [-0.2, -0.15) is 0 Å². The van der Waals surface area contributed by atoms with E-state index >= 15 is 0 Å². The largest absolute Gasteiger partial charge is 0.497 e. The normalized spacial score (nSPS) is 16.7. The summed E-state index contributed by atoms with van der Waals surface area (Å²) in [6, 6.07) is 10.4. The minimum atomic E-state index is -0.709. The van der Waals surface area contributed by atoms with Crippen LogP contribution in [0.5, 0.6) is 17.2 Å². The zero-order valence-corrected chi connectivity index (χ0v) is 20.6. The lowest BCUT2D eigenvalue weighted by Gasteiger charge is -2.24. The van der Waals surface area contributed by atoms with Crippen LogP contribution in [0.2, 0.25) is 0 Å². The highest BCUT2D eigenvalue weighted by atomic mass is 32.1. The smallest absolute Gasteiger partial charge is 0.338 e. The van der Waals surface area contributed by atoms with Crippen molar-refractivity contribution in [1.82, 2.24) is 4.57 Å². The van der Waals surface area contributed by atoms with E-state index in [0.717, 1.165) is 16.9 Å². The molecule has 2 aliphatic rings. The molecule has 8 nitrogen and oxygen atoms in total. The average Bonchev–Trinajstić information content (AvgIpc) is 3.43. The summed E-state index contributed by atoms with van der Waals surface area (Å²) in [7, 11) is 1.62. The van der Waals surface area contributed by atoms with Crippen LogP contribution in [0.1, 0.15) is 36.6 Å². The number of thiazole rings is 1. The van der Waals surface area contributed by atoms with Crippen LogP contribution >= 0.6 is 11.3 Å². The summed E-state index contributed by atoms with van der Waals surface area (Å²) in [4.78, 5) is 31.9. The van der Waals surface area contributed by atoms with Gasteiger partial charge >= 0.3 is 5.97 Å². The number of rotatable bonds is 5. The molecule has 5 rings (SSSR count). The Bertz CT molecular complexity index is 1550. The second-order valence-electron chi connectivity index (χ2n) is 8.14. The van der Waals surface area contributed by atoms with Gasteiger partial charge in [0.25, 0.3) is 5.56 Å². The molecule has 180 valence electrons. The lowest BCUT2D eigenvalue weighted by atomic mass is 9.95. The van der Waals surface area contributed by atoms with Crippen molar-refractivity contribution >= 4 is 23.4 Å². The van der Waals surface area contributed by atoms with Gasteiger partial charge in [0.15, 0.2) is 16.3 Å². The molecular formula is C26H24N2O6S. The highest BCUT2D eigenvalue weighted by Gasteiger charge is 2.34. The molecule has 0 fully saturated rings. The van der Waals surface area contributed by atoms with E-state index in [2.05, 4.69) is 4.99 Å². The van der Waals surface area contributed by atoms with Gasteiger partial charge in [0, 0.05) is 0 Å². The van der Waals surface area contributed by atoms with Gasteiger partial charge < -0.3 is 18.9 Å². The summed E-state index contributed by atoms with van der Waals surface area (Å²) in [6.07, 6.45) is 1.85. The Hall–Kier alpha value is -3.85. The summed E-state index contributed by atoms with van der Waals surface area (Å²) in [5.41, 5.74) is 3.19. The molecule has 0 unspecified atom stereocenters. The third-order valence-electron chi connectivity index (χ3n) is 5.99. The highest BCUT2D eigenvalue weighted by molar-refractivity contribution is 7.07. The zero-order valence-electron chi connectivity index (χ0n) is 19.8. The minimum absolute atomic E-state index is 0.127. The number of esters is 1. The van der Waals surface area contributed by atoms with E-state index in [1.54, 1.807) is 37.7 Å². The van der Waals surface area contributed by atoms with Crippen molar-refractivity contribution in [3.05, 3.63) is 84.0 Å². The van der Waals surface area contributed by atoms with E-state index in [-0.39, 0.29) is 19.0 Å². The highest BCUT2D eigenvalue weighted by Crippen LogP contribution is 2.38. The van der Waals surface area contributed by atoms with Crippen molar-refractivity contribution in [1.29, 1.82) is 0 Å². The predicted molar refractivity (Wildman–Crippen MR) is 131 cm³/mol. The predicted octanol–water partition coefficient (Wildman–Crippen LogP) is 2.84. The number of nitrogens with zero attached hydrogens (tertiary/aromatic N) is 2. The number of fused-ring (bicyclic) bond motifs is 2. The number of hydrogen-bond acceptors (Lipinski definition) is 8. The van der Waals surface area contributed by atoms with Gasteiger partial charge in [-0.3, -0.25) is 9.36 Å². The quantitative estimate of drug-likeness (QED) is 0.509. The van der Waals surface area contributed by atoms with E-state index in [1.807, 2.05) is 37.3 Å². The van der Waals surface area contributed by atoms with E-state index in [0.29, 0.717) is 37.7 Å². The first-order valence-electron chi connectivity index (χ1n) is 11.1. The van der Waals surface area contributed by atoms with Crippen molar-refractivity contribution in [3.63, 3.8) is 0 Å². The van der Waals surface area contributed by atoms with Crippen LogP contribution in [0.3, 0.4) is 0 Å². The Labute approximate surface area is 205 Å². The Morgan fingerprint density at radius 1 is 1.20 bits per heavy atom. The molecule has 2 aromatic carbocycles. The molecule has 3 heterocycles. The number of ether oxygens (including phenoxy) is 4. The number of carbonyl (C=O) groups is 1. The molecule has 9 heteroatoms. The van der Waals surface area contributed by atoms with Crippen LogP contribution < -0.4 is 29.1 Å². The Morgan fingerprint density at radius 3 is 2.74 bits per heavy atom. The van der Waals surface area contributed by atoms with Gasteiger partial charge in [-0.05, 0) is 67.8 Å². The summed E-state index contributed by atoms with van der Waals surface area (Å²) < 4.78 is 23.7. The van der Waals surface area contributed by atoms with Crippen LogP contribution in [0.15, 0.2) is 57.5 Å². The molecule has 0 aliphatic carbocycles. The molecule has 0 saturated carbocycles. The number of benzene rings is 2. The van der Waals surface area contributed by atoms with Crippen LogP contribution in [-0.2, 0) is 9.53 Å². The van der Waals surface area contributed by atoms with Gasteiger partial charge in [0.05, 0.1) is 35.6 Å². The van der Waals surface area contributed by atoms with Crippen LogP contribution in [0, 0.1) is 6.92 Å². The summed E-state index contributed by atoms with van der Waals surface area (Å²) in [5.74, 6) is 1.43. The average molecular weight is 493 g/mol. The summed E-state index contributed by atoms with van der Waals surface area (Å²) in [6.45, 7) is 5.81. The SMILES string of the molecule is CCOC(=O)C1=C(C)N=c2s/c(=C/c3ccc(OC)cc3C)c(=O)n2[C@@H]1c1ccc2c(c1)OCO2. The number of methoxy groups -OCH3 is 1. The van der Waals surface area contributed by atoms with E-state index in [9.17, 15) is 9.59 Å². The standard InChI is InChI=1S/C26H24N2O6S/c1-5-32-25(30)22-15(3)27-26-28(23(22)17-7-9-19-20(11-17)34-13-33-19)24(29)21(35-26)12-16-6-8-18(31-4)10-14(16)2/h6-12,23H,5,13H2,1-4H3/b21-12+/t23-/m1/s1. The molecule has 2 aliphatic heterocycles. The molecule has 0 saturated heterocycles. The van der Waals surface area contributed by atoms with Crippen molar-refractivity contribution in [2.45, 2.75) is 26.8 Å². The molecule has 1 aromatic heterocycles. The number of hydrogen-bond donors (Lipinski definition) is 0. The first kappa shape index (κ1) is 22.9. The second kappa shape index (κ2) is 9.07. The number of carbonyl (C=O) groups excluding carboxylic acids is 1. The summed E-state index contributed by atoms with van der Waals surface area (Å²) in [5, 5.41) is 0. The van der Waals surface area contributed by atoms with Gasteiger partial charge in [-0.25, -0.2) is 9.79 Å². The third-order valence-corrected chi connectivity index (χ3v) is 6.98. The van der Waals surface area contributed by atoms with Crippen molar-refractivity contribution < 1.29 is 23.7 Å². The van der Waals surface area contributed by atoms with E-state index < -0.39 is 12.0 Å². The molecule has 0 amide bonds. The fraction of sp³-hybridized carbons (Fsp3) is 0.269. The monoisotopic (exact) mass is 492 g/mol. The molecule has 0 bridgehead atoms. The minimum Gasteiger partial charge on any atom is -0.497 e. The van der Waals surface area contributed by atoms with Gasteiger partial charge in [-0.15, -0.1) is 0 Å². The van der Waals surface area contributed by atoms with Crippen molar-refractivity contribution in [3.8, 4) is 17.2 Å². The van der Waals surface area contributed by atoms with Gasteiger partial charge in [0.1, 0.15) is 5.75 Å². The fourth-order valence-electron chi connectivity index (χ4n) is 4.27. The Morgan fingerprint density at radius 2 is 2.00 bits per heavy atom. The topological polar surface area (TPSA) is 88.4 Å². The number of aromatic nitrogens is 1. The summed E-state index contributed by atoms with van der Waals surface area (Å²) >= 11 is 1.28. The third kappa shape index (κ3) is 4.01. The van der Waals surface area contributed by atoms with Gasteiger partial charge in [0.2, 0.25) is 6.79 Å². The zero-order chi connectivity index (χ0) is 24.7. The van der Waals surface area contributed by atoms with E-state index in [4.69, 9.17) is 18.9 Å². The molecule has 0 spiro atoms. The van der Waals surface area contributed by atoms with Crippen molar-refractivity contribution in [2.75, 3.05) is 20.5 Å². The fourth-order valence-corrected chi connectivity index (χ4v) is 5.31. The molecule has 35 heavy (non-hydrogen) atoms. The first-order valence-corrected chi connectivity index (χ1v) is 12.0. The van der Waals surface area contributed by atoms with Crippen LogP contribution in [-0.4, -0.2) is 31.0 Å². The van der Waals surface area contributed by atoms with Crippen LogP contribution in [0.25, 0.3) is 6.08 Å². The maximum absolute atomic E-state index is 13.7. The van der Waals surface area contributed by atoms with Crippen molar-refractivity contribution in [2.24, 2.45) is 4.99 Å².